The van der Waals surface area contributed by atoms with E-state index in [1.165, 1.54) is 0 Å². The van der Waals surface area contributed by atoms with Crippen molar-refractivity contribution in [1.82, 2.24) is 15.6 Å². The fourth-order valence-electron chi connectivity index (χ4n) is 2.59. The molecule has 0 aliphatic carbocycles. The summed E-state index contributed by atoms with van der Waals surface area (Å²) in [4.78, 5) is 16.8. The molecule has 0 spiro atoms. The molecule has 0 unspecified atom stereocenters. The second-order valence-electron chi connectivity index (χ2n) is 7.01. The normalized spacial score (nSPS) is 22.0. The van der Waals surface area contributed by atoms with E-state index in [0.29, 0.717) is 12.6 Å². The van der Waals surface area contributed by atoms with Crippen LogP contribution in [0.3, 0.4) is 0 Å². The van der Waals surface area contributed by atoms with Crippen molar-refractivity contribution in [2.75, 3.05) is 13.1 Å². The number of halogens is 1. The van der Waals surface area contributed by atoms with Gasteiger partial charge in [0.15, 0.2) is 0 Å². The lowest BCUT2D eigenvalue weighted by Gasteiger charge is -2.27. The third kappa shape index (κ3) is 5.52. The first kappa shape index (κ1) is 19.4. The van der Waals surface area contributed by atoms with Gasteiger partial charge in [-0.3, -0.25) is 4.79 Å². The number of piperidine rings is 1. The number of nitrogens with zero attached hydrogens (tertiary/aromatic N) is 1. The van der Waals surface area contributed by atoms with Crippen molar-refractivity contribution in [3.05, 3.63) is 16.1 Å². The first-order valence-corrected chi connectivity index (χ1v) is 8.70. The van der Waals surface area contributed by atoms with E-state index in [4.69, 9.17) is 0 Å². The van der Waals surface area contributed by atoms with Crippen LogP contribution in [0.2, 0.25) is 0 Å². The minimum absolute atomic E-state index is 0. The molecule has 0 aromatic carbocycles. The standard InChI is InChI=1S/C16H27N3OS.ClH/c1-11-9-12(5-7-17-11)14(20)18-8-6-13-10-21-15(19-13)16(2,3)4;/h10-12,17H,5-9H2,1-4H3,(H,18,20);1H/t11-,12-;/m0./s1. The molecule has 0 saturated carbocycles. The number of hydrogen-bond donors (Lipinski definition) is 2. The number of amides is 1. The number of thiazole rings is 1. The molecule has 2 rings (SSSR count). The Morgan fingerprint density at radius 2 is 2.23 bits per heavy atom. The van der Waals surface area contributed by atoms with Crippen LogP contribution in [0, 0.1) is 5.92 Å². The summed E-state index contributed by atoms with van der Waals surface area (Å²) in [6.45, 7) is 10.3. The van der Waals surface area contributed by atoms with Crippen LogP contribution in [0.25, 0.3) is 0 Å². The molecular formula is C16H28ClN3OS. The SMILES string of the molecule is C[C@H]1C[C@@H](C(=O)NCCc2csc(C(C)(C)C)n2)CCN1.Cl. The van der Waals surface area contributed by atoms with Gasteiger partial charge in [0.25, 0.3) is 0 Å². The Hall–Kier alpha value is -0.650. The molecule has 0 radical (unpaired) electrons. The predicted molar refractivity (Wildman–Crippen MR) is 95.0 cm³/mol. The van der Waals surface area contributed by atoms with E-state index in [-0.39, 0.29) is 29.6 Å². The quantitative estimate of drug-likeness (QED) is 0.882. The molecule has 2 atom stereocenters. The summed E-state index contributed by atoms with van der Waals surface area (Å²) in [5.74, 6) is 0.372. The topological polar surface area (TPSA) is 54.0 Å². The highest BCUT2D eigenvalue weighted by Crippen LogP contribution is 2.25. The highest BCUT2D eigenvalue weighted by atomic mass is 35.5. The number of aromatic nitrogens is 1. The molecule has 1 aliphatic heterocycles. The highest BCUT2D eigenvalue weighted by Gasteiger charge is 2.24. The van der Waals surface area contributed by atoms with Crippen molar-refractivity contribution < 1.29 is 4.79 Å². The lowest BCUT2D eigenvalue weighted by atomic mass is 9.92. The lowest BCUT2D eigenvalue weighted by molar-refractivity contribution is -0.126. The molecule has 1 aromatic heterocycles. The Morgan fingerprint density at radius 3 is 2.82 bits per heavy atom. The van der Waals surface area contributed by atoms with Gasteiger partial charge >= 0.3 is 0 Å². The summed E-state index contributed by atoms with van der Waals surface area (Å²) in [6, 6.07) is 0.447. The van der Waals surface area contributed by atoms with Gasteiger partial charge in [0.05, 0.1) is 10.7 Å². The Kier molecular flexibility index (Phi) is 7.29. The third-order valence-corrected chi connectivity index (χ3v) is 5.19. The number of carbonyl (C=O) groups is 1. The van der Waals surface area contributed by atoms with Crippen LogP contribution in [0.15, 0.2) is 5.38 Å². The van der Waals surface area contributed by atoms with Gasteiger partial charge in [-0.05, 0) is 26.3 Å². The Morgan fingerprint density at radius 1 is 1.50 bits per heavy atom. The maximum Gasteiger partial charge on any atom is 0.223 e. The van der Waals surface area contributed by atoms with Crippen molar-refractivity contribution in [1.29, 1.82) is 0 Å². The first-order chi connectivity index (χ1) is 9.86. The number of hydrogen-bond acceptors (Lipinski definition) is 4. The highest BCUT2D eigenvalue weighted by molar-refractivity contribution is 7.09. The smallest absolute Gasteiger partial charge is 0.223 e. The van der Waals surface area contributed by atoms with Crippen molar-refractivity contribution in [2.24, 2.45) is 5.92 Å². The van der Waals surface area contributed by atoms with Crippen LogP contribution in [-0.4, -0.2) is 30.0 Å². The Bertz CT molecular complexity index is 484. The van der Waals surface area contributed by atoms with Gasteiger partial charge < -0.3 is 10.6 Å². The molecule has 22 heavy (non-hydrogen) atoms. The zero-order valence-corrected chi connectivity index (χ0v) is 15.6. The molecule has 1 fully saturated rings. The van der Waals surface area contributed by atoms with Crippen LogP contribution >= 0.6 is 23.7 Å². The molecule has 0 bridgehead atoms. The van der Waals surface area contributed by atoms with Gasteiger partial charge in [-0.25, -0.2) is 4.98 Å². The monoisotopic (exact) mass is 345 g/mol. The van der Waals surface area contributed by atoms with Crippen LogP contribution in [0.4, 0.5) is 0 Å². The van der Waals surface area contributed by atoms with Crippen molar-refractivity contribution >= 4 is 29.7 Å². The van der Waals surface area contributed by atoms with E-state index in [2.05, 4.69) is 48.7 Å². The van der Waals surface area contributed by atoms with Gasteiger partial charge in [-0.2, -0.15) is 0 Å². The summed E-state index contributed by atoms with van der Waals surface area (Å²) in [7, 11) is 0. The van der Waals surface area contributed by atoms with E-state index in [1.54, 1.807) is 11.3 Å². The largest absolute Gasteiger partial charge is 0.355 e. The minimum atomic E-state index is 0. The van der Waals surface area contributed by atoms with Crippen LogP contribution in [-0.2, 0) is 16.6 Å². The van der Waals surface area contributed by atoms with Gasteiger partial charge in [0, 0.05) is 35.7 Å². The minimum Gasteiger partial charge on any atom is -0.355 e. The third-order valence-electron chi connectivity index (χ3n) is 3.87. The summed E-state index contributed by atoms with van der Waals surface area (Å²) < 4.78 is 0. The van der Waals surface area contributed by atoms with E-state index in [1.807, 2.05) is 0 Å². The van der Waals surface area contributed by atoms with Crippen molar-refractivity contribution in [2.45, 2.75) is 58.4 Å². The number of carbonyl (C=O) groups excluding carboxylic acids is 1. The summed E-state index contributed by atoms with van der Waals surface area (Å²) >= 11 is 1.71. The van der Waals surface area contributed by atoms with Gasteiger partial charge in [-0.1, -0.05) is 20.8 Å². The fraction of sp³-hybridized carbons (Fsp3) is 0.750. The number of nitrogens with one attached hydrogen (secondary N) is 2. The lowest BCUT2D eigenvalue weighted by Crippen LogP contribution is -2.42. The zero-order valence-electron chi connectivity index (χ0n) is 13.9. The molecule has 4 nitrogen and oxygen atoms in total. The van der Waals surface area contributed by atoms with Gasteiger partial charge in [0.1, 0.15) is 0 Å². The molecule has 126 valence electrons. The maximum absolute atomic E-state index is 12.1. The summed E-state index contributed by atoms with van der Waals surface area (Å²) in [5.41, 5.74) is 1.20. The molecule has 1 aromatic rings. The first-order valence-electron chi connectivity index (χ1n) is 7.82. The molecule has 6 heteroatoms. The molecule has 1 aliphatic rings. The average molecular weight is 346 g/mol. The van der Waals surface area contributed by atoms with Crippen molar-refractivity contribution in [3.63, 3.8) is 0 Å². The van der Waals surface area contributed by atoms with E-state index in [9.17, 15) is 4.79 Å². The Labute approximate surface area is 143 Å². The molecular weight excluding hydrogens is 318 g/mol. The van der Waals surface area contributed by atoms with Gasteiger partial charge in [0.2, 0.25) is 5.91 Å². The van der Waals surface area contributed by atoms with Crippen LogP contribution in [0.5, 0.6) is 0 Å². The van der Waals surface area contributed by atoms with Crippen LogP contribution in [0.1, 0.15) is 51.2 Å². The molecule has 2 N–H and O–H groups in total. The maximum atomic E-state index is 12.1. The predicted octanol–water partition coefficient (Wildman–Crippen LogP) is 2.91. The second-order valence-corrected chi connectivity index (χ2v) is 7.87. The summed E-state index contributed by atoms with van der Waals surface area (Å²) in [6.07, 6.45) is 2.70. The van der Waals surface area contributed by atoms with E-state index in [0.717, 1.165) is 36.5 Å². The zero-order chi connectivity index (χ0) is 15.5. The Balaban J connectivity index is 0.00000242. The van der Waals surface area contributed by atoms with Crippen LogP contribution < -0.4 is 10.6 Å². The fourth-order valence-corrected chi connectivity index (χ4v) is 3.54. The second kappa shape index (κ2) is 8.27. The number of rotatable bonds is 4. The molecule has 2 heterocycles. The molecule has 1 amide bonds. The van der Waals surface area contributed by atoms with E-state index >= 15 is 0 Å². The van der Waals surface area contributed by atoms with Gasteiger partial charge in [-0.15, -0.1) is 23.7 Å². The average Bonchev–Trinajstić information content (AvgIpc) is 2.87. The van der Waals surface area contributed by atoms with Crippen molar-refractivity contribution in [3.8, 4) is 0 Å². The van der Waals surface area contributed by atoms with E-state index < -0.39 is 0 Å². The summed E-state index contributed by atoms with van der Waals surface area (Å²) in [5, 5.41) is 9.72. The molecule has 1 saturated heterocycles.